The highest BCUT2D eigenvalue weighted by Crippen LogP contribution is 2.20. The first-order chi connectivity index (χ1) is 7.28. The van der Waals surface area contributed by atoms with Crippen molar-refractivity contribution in [2.24, 2.45) is 0 Å². The molecular formula is C9H12N2O4. The van der Waals surface area contributed by atoms with Crippen molar-refractivity contribution in [1.29, 1.82) is 0 Å². The van der Waals surface area contributed by atoms with Gasteiger partial charge in [0.1, 0.15) is 6.10 Å². The van der Waals surface area contributed by atoms with Gasteiger partial charge in [0.25, 0.3) is 0 Å². The molecule has 1 aliphatic heterocycles. The van der Waals surface area contributed by atoms with Crippen molar-refractivity contribution in [3.05, 3.63) is 6.07 Å². The smallest absolute Gasteiger partial charge is 0.320 e. The molecule has 0 bridgehead atoms. The zero-order valence-corrected chi connectivity index (χ0v) is 8.34. The molecule has 1 fully saturated rings. The summed E-state index contributed by atoms with van der Waals surface area (Å²) >= 11 is 0. The maximum Gasteiger partial charge on any atom is 0.320 e. The summed E-state index contributed by atoms with van der Waals surface area (Å²) in [5, 5.41) is 9.19. The first kappa shape index (κ1) is 9.97. The van der Waals surface area contributed by atoms with E-state index < -0.39 is 0 Å². The Bertz CT molecular complexity index is 339. The number of aromatic nitrogens is 2. The fourth-order valence-electron chi connectivity index (χ4n) is 1.33. The zero-order chi connectivity index (χ0) is 10.7. The number of rotatable bonds is 3. The van der Waals surface area contributed by atoms with Crippen LogP contribution in [0.5, 0.6) is 17.8 Å². The molecule has 0 radical (unpaired) electrons. The van der Waals surface area contributed by atoms with Gasteiger partial charge < -0.3 is 19.3 Å². The van der Waals surface area contributed by atoms with Crippen molar-refractivity contribution in [3.63, 3.8) is 0 Å². The Balaban J connectivity index is 2.09. The van der Waals surface area contributed by atoms with E-state index in [1.54, 1.807) is 0 Å². The van der Waals surface area contributed by atoms with Crippen LogP contribution < -0.4 is 9.47 Å². The minimum Gasteiger partial charge on any atom is -0.481 e. The molecule has 15 heavy (non-hydrogen) atoms. The predicted molar refractivity (Wildman–Crippen MR) is 50.1 cm³/mol. The SMILES string of the molecule is COc1cc(O[C@H]2CCOC2)nc(O)n1. The van der Waals surface area contributed by atoms with Crippen molar-refractivity contribution < 1.29 is 19.3 Å². The molecule has 0 aliphatic carbocycles. The Morgan fingerprint density at radius 2 is 2.27 bits per heavy atom. The molecule has 1 aromatic heterocycles. The second-order valence-electron chi connectivity index (χ2n) is 3.15. The molecule has 1 atom stereocenters. The molecule has 6 nitrogen and oxygen atoms in total. The zero-order valence-electron chi connectivity index (χ0n) is 8.34. The van der Waals surface area contributed by atoms with E-state index in [1.165, 1.54) is 13.2 Å². The van der Waals surface area contributed by atoms with Gasteiger partial charge in [-0.2, -0.15) is 9.97 Å². The molecule has 1 N–H and O–H groups in total. The summed E-state index contributed by atoms with van der Waals surface area (Å²) in [5.41, 5.74) is 0. The second-order valence-corrected chi connectivity index (χ2v) is 3.15. The van der Waals surface area contributed by atoms with Gasteiger partial charge in [-0.05, 0) is 0 Å². The third kappa shape index (κ3) is 2.47. The van der Waals surface area contributed by atoms with E-state index in [0.29, 0.717) is 19.1 Å². The predicted octanol–water partition coefficient (Wildman–Crippen LogP) is 0.358. The van der Waals surface area contributed by atoms with Crippen LogP contribution in [0.2, 0.25) is 0 Å². The largest absolute Gasteiger partial charge is 0.481 e. The first-order valence-electron chi connectivity index (χ1n) is 4.64. The molecule has 2 heterocycles. The van der Waals surface area contributed by atoms with Crippen LogP contribution in [0.3, 0.4) is 0 Å². The average molecular weight is 212 g/mol. The third-order valence-electron chi connectivity index (χ3n) is 2.05. The van der Waals surface area contributed by atoms with Gasteiger partial charge >= 0.3 is 6.01 Å². The van der Waals surface area contributed by atoms with Crippen LogP contribution in [-0.4, -0.2) is 41.5 Å². The lowest BCUT2D eigenvalue weighted by Crippen LogP contribution is -2.16. The minimum atomic E-state index is -0.358. The van der Waals surface area contributed by atoms with E-state index >= 15 is 0 Å². The quantitative estimate of drug-likeness (QED) is 0.779. The number of ether oxygens (including phenoxy) is 3. The average Bonchev–Trinajstić information content (AvgIpc) is 2.69. The van der Waals surface area contributed by atoms with Gasteiger partial charge in [0.2, 0.25) is 11.8 Å². The lowest BCUT2D eigenvalue weighted by Gasteiger charge is -2.11. The summed E-state index contributed by atoms with van der Waals surface area (Å²) in [6, 6.07) is 1.17. The van der Waals surface area contributed by atoms with Crippen LogP contribution in [0, 0.1) is 0 Å². The Morgan fingerprint density at radius 3 is 2.93 bits per heavy atom. The van der Waals surface area contributed by atoms with Crippen LogP contribution >= 0.6 is 0 Å². The second kappa shape index (κ2) is 4.31. The summed E-state index contributed by atoms with van der Waals surface area (Å²) in [6.45, 7) is 1.24. The molecule has 0 amide bonds. The maximum absolute atomic E-state index is 9.19. The molecule has 0 spiro atoms. The maximum atomic E-state index is 9.19. The minimum absolute atomic E-state index is 0.0102. The van der Waals surface area contributed by atoms with Crippen LogP contribution in [0.1, 0.15) is 6.42 Å². The van der Waals surface area contributed by atoms with E-state index in [2.05, 4.69) is 9.97 Å². The molecule has 1 aromatic rings. The lowest BCUT2D eigenvalue weighted by molar-refractivity contribution is 0.136. The lowest BCUT2D eigenvalue weighted by atomic mass is 10.3. The molecule has 6 heteroatoms. The molecule has 1 aliphatic rings. The Kier molecular flexibility index (Phi) is 2.86. The Morgan fingerprint density at radius 1 is 1.47 bits per heavy atom. The van der Waals surface area contributed by atoms with Gasteiger partial charge in [-0.3, -0.25) is 0 Å². The monoisotopic (exact) mass is 212 g/mol. The number of hydrogen-bond acceptors (Lipinski definition) is 6. The topological polar surface area (TPSA) is 73.7 Å². The molecule has 82 valence electrons. The van der Waals surface area contributed by atoms with E-state index in [-0.39, 0.29) is 18.0 Å². The van der Waals surface area contributed by atoms with Gasteiger partial charge in [0.15, 0.2) is 0 Å². The van der Waals surface area contributed by atoms with Gasteiger partial charge in [0, 0.05) is 6.42 Å². The van der Waals surface area contributed by atoms with E-state index in [0.717, 1.165) is 6.42 Å². The van der Waals surface area contributed by atoms with E-state index in [9.17, 15) is 5.11 Å². The molecule has 2 rings (SSSR count). The van der Waals surface area contributed by atoms with Crippen molar-refractivity contribution in [3.8, 4) is 17.8 Å². The summed E-state index contributed by atoms with van der Waals surface area (Å²) in [5.74, 6) is 0.575. The number of nitrogens with zero attached hydrogens (tertiary/aromatic N) is 2. The van der Waals surface area contributed by atoms with Gasteiger partial charge in [-0.1, -0.05) is 0 Å². The highest BCUT2D eigenvalue weighted by Gasteiger charge is 2.18. The molecular weight excluding hydrogens is 200 g/mol. The Hall–Kier alpha value is -1.56. The normalized spacial score (nSPS) is 20.2. The van der Waals surface area contributed by atoms with Crippen molar-refractivity contribution >= 4 is 0 Å². The fourth-order valence-corrected chi connectivity index (χ4v) is 1.33. The number of aromatic hydroxyl groups is 1. The van der Waals surface area contributed by atoms with Crippen LogP contribution in [-0.2, 0) is 4.74 Å². The van der Waals surface area contributed by atoms with Crippen molar-refractivity contribution in [1.82, 2.24) is 9.97 Å². The standard InChI is InChI=1S/C9H12N2O4/c1-13-7-4-8(11-9(12)10-7)15-6-2-3-14-5-6/h4,6H,2-3,5H2,1H3,(H,10,11,12)/t6-/m0/s1. The van der Waals surface area contributed by atoms with Crippen molar-refractivity contribution in [2.75, 3.05) is 20.3 Å². The number of methoxy groups -OCH3 is 1. The van der Waals surface area contributed by atoms with Crippen molar-refractivity contribution in [2.45, 2.75) is 12.5 Å². The molecule has 0 saturated carbocycles. The Labute approximate surface area is 86.8 Å². The van der Waals surface area contributed by atoms with E-state index in [1.807, 2.05) is 0 Å². The highest BCUT2D eigenvalue weighted by molar-refractivity contribution is 5.22. The fraction of sp³-hybridized carbons (Fsp3) is 0.556. The van der Waals surface area contributed by atoms with E-state index in [4.69, 9.17) is 14.2 Å². The summed E-state index contributed by atoms with van der Waals surface area (Å²) in [7, 11) is 1.46. The van der Waals surface area contributed by atoms with Crippen LogP contribution in [0.4, 0.5) is 0 Å². The summed E-state index contributed by atoms with van der Waals surface area (Å²) in [4.78, 5) is 7.37. The van der Waals surface area contributed by atoms with Gasteiger partial charge in [-0.15, -0.1) is 0 Å². The summed E-state index contributed by atoms with van der Waals surface area (Å²) in [6.07, 6.45) is 0.816. The summed E-state index contributed by atoms with van der Waals surface area (Å²) < 4.78 is 15.5. The molecule has 0 unspecified atom stereocenters. The van der Waals surface area contributed by atoms with Gasteiger partial charge in [0.05, 0.1) is 26.4 Å². The van der Waals surface area contributed by atoms with Crippen LogP contribution in [0.15, 0.2) is 6.07 Å². The molecule has 0 aromatic carbocycles. The number of hydrogen-bond donors (Lipinski definition) is 1. The van der Waals surface area contributed by atoms with Crippen LogP contribution in [0.25, 0.3) is 0 Å². The van der Waals surface area contributed by atoms with Gasteiger partial charge in [-0.25, -0.2) is 0 Å². The first-order valence-corrected chi connectivity index (χ1v) is 4.64. The third-order valence-corrected chi connectivity index (χ3v) is 2.05. The molecule has 1 saturated heterocycles. The highest BCUT2D eigenvalue weighted by atomic mass is 16.6.